The predicted octanol–water partition coefficient (Wildman–Crippen LogP) is 1.03. The quantitative estimate of drug-likeness (QED) is 0.259. The van der Waals surface area contributed by atoms with Crippen molar-refractivity contribution in [3.05, 3.63) is 40.4 Å². The van der Waals surface area contributed by atoms with Gasteiger partial charge in [0, 0.05) is 13.7 Å². The van der Waals surface area contributed by atoms with E-state index in [1.807, 2.05) is 0 Å². The van der Waals surface area contributed by atoms with Gasteiger partial charge in [0.05, 0.1) is 25.7 Å². The third kappa shape index (κ3) is 6.33. The lowest BCUT2D eigenvalue weighted by molar-refractivity contribution is -0.0465. The lowest BCUT2D eigenvalue weighted by atomic mass is 10.1. The summed E-state index contributed by atoms with van der Waals surface area (Å²) < 4.78 is 52.1. The molecule has 22 heteroatoms. The van der Waals surface area contributed by atoms with Crippen LogP contribution in [-0.4, -0.2) is 87.5 Å². The van der Waals surface area contributed by atoms with E-state index in [0.29, 0.717) is 17.0 Å². The molecule has 6 atom stereocenters. The first-order valence-corrected chi connectivity index (χ1v) is 17.8. The molecule has 0 amide bonds. The Morgan fingerprint density at radius 3 is 2.77 bits per heavy atom. The van der Waals surface area contributed by atoms with E-state index in [2.05, 4.69) is 29.9 Å². The van der Waals surface area contributed by atoms with Crippen LogP contribution in [0, 0.1) is 6.92 Å². The summed E-state index contributed by atoms with van der Waals surface area (Å²) in [5.74, 6) is 0.915. The number of H-pyrrole nitrogens is 1. The van der Waals surface area contributed by atoms with Crippen molar-refractivity contribution in [1.82, 2.24) is 39.0 Å². The monoisotopic (exact) mass is 678 g/mol. The van der Waals surface area contributed by atoms with Crippen LogP contribution >= 0.6 is 13.4 Å². The Morgan fingerprint density at radius 1 is 1.16 bits per heavy atom. The number of aromatic nitrogens is 8. The first kappa shape index (κ1) is 30.8. The first-order valence-electron chi connectivity index (χ1n) is 12.7. The van der Waals surface area contributed by atoms with Gasteiger partial charge in [0.2, 0.25) is 0 Å². The van der Waals surface area contributed by atoms with Crippen LogP contribution in [0.5, 0.6) is 0 Å². The number of alkyl halides is 1. The summed E-state index contributed by atoms with van der Waals surface area (Å²) in [7, 11) is 1.50. The highest BCUT2D eigenvalue weighted by Crippen LogP contribution is 2.52. The molecule has 6 heterocycles. The maximum absolute atomic E-state index is 15.9. The van der Waals surface area contributed by atoms with E-state index in [9.17, 15) is 14.6 Å². The fraction of sp³-hybridized carbons (Fsp3) is 0.524. The summed E-state index contributed by atoms with van der Waals surface area (Å²) in [6.45, 7) is -7.30. The van der Waals surface area contributed by atoms with Gasteiger partial charge in [-0.3, -0.25) is 13.9 Å². The predicted molar refractivity (Wildman–Crippen MR) is 152 cm³/mol. The highest BCUT2D eigenvalue weighted by molar-refractivity contribution is 8.07. The standard InChI is InChI=1S/C21H25FN8O9P2S2/c1-10-25-19-16(20(31)26-10)24-9-30(19)21-17-15(22)12(38-21)6-36-40(32,42)35-4-3-29-14(8-37-41(33,43)39-17)27-11-5-23-13(7-34-2)28-18(11)29/h5,9,12,15,17,21H,3-4,6-8H2,1-2H3,(H,32,42)(H,33,43)(H,25,26,31)/t12-,15+,17-,21-,40?,41?/m1/s1. The van der Waals surface area contributed by atoms with Crippen molar-refractivity contribution in [2.45, 2.75) is 51.3 Å². The van der Waals surface area contributed by atoms with Crippen molar-refractivity contribution >= 4 is 59.4 Å². The lowest BCUT2D eigenvalue weighted by Gasteiger charge is -2.25. The zero-order valence-electron chi connectivity index (χ0n) is 22.5. The van der Waals surface area contributed by atoms with Crippen LogP contribution in [0.25, 0.3) is 22.3 Å². The average molecular weight is 679 g/mol. The number of halogens is 1. The number of aryl methyl sites for hydroxylation is 1. The van der Waals surface area contributed by atoms with E-state index in [-0.39, 0.29) is 49.2 Å². The van der Waals surface area contributed by atoms with E-state index >= 15 is 4.39 Å². The van der Waals surface area contributed by atoms with E-state index in [4.69, 9.17) is 51.2 Å². The number of hydrogen-bond donors (Lipinski definition) is 3. The number of fused-ring (bicyclic) bond motifs is 6. The Balaban J connectivity index is 1.37. The molecule has 0 saturated carbocycles. The summed E-state index contributed by atoms with van der Waals surface area (Å²) >= 11 is 10.4. The Bertz CT molecular complexity index is 1840. The molecule has 2 unspecified atom stereocenters. The van der Waals surface area contributed by atoms with Gasteiger partial charge < -0.3 is 42.4 Å². The van der Waals surface area contributed by atoms with Gasteiger partial charge in [-0.15, -0.1) is 0 Å². The molecule has 17 nitrogen and oxygen atoms in total. The summed E-state index contributed by atoms with van der Waals surface area (Å²) in [6.07, 6.45) is -3.51. The Hall–Kier alpha value is -2.19. The molecule has 2 bridgehead atoms. The molecule has 3 N–H and O–H groups in total. The third-order valence-corrected chi connectivity index (χ3v) is 9.72. The van der Waals surface area contributed by atoms with Gasteiger partial charge in [-0.2, -0.15) is 0 Å². The zero-order chi connectivity index (χ0) is 30.5. The molecule has 6 rings (SSSR count). The second-order valence-electron chi connectivity index (χ2n) is 9.50. The van der Waals surface area contributed by atoms with Crippen molar-refractivity contribution in [1.29, 1.82) is 0 Å². The Labute approximate surface area is 251 Å². The van der Waals surface area contributed by atoms with E-state index in [1.165, 1.54) is 24.2 Å². The minimum absolute atomic E-state index is 0.0280. The molecule has 43 heavy (non-hydrogen) atoms. The SMILES string of the molecule is COCc1ncc2nc3n(c2n1)CCOP(O)(=S)OC[C@H]1O[C@@H](n2cnc4c(=O)[nH]c(C)nc42)[C@H](OP(O)(=S)OC3)[C@H]1F. The molecule has 1 fully saturated rings. The molecule has 4 aromatic rings. The molecule has 232 valence electrons. The molecule has 0 aromatic carbocycles. The van der Waals surface area contributed by atoms with Gasteiger partial charge in [-0.05, 0) is 30.5 Å². The highest BCUT2D eigenvalue weighted by atomic mass is 32.5. The molecule has 1 saturated heterocycles. The number of methoxy groups -OCH3 is 1. The Kier molecular flexibility index (Phi) is 8.57. The average Bonchev–Trinajstić information content (AvgIpc) is 3.60. The normalized spacial score (nSPS) is 30.7. The highest BCUT2D eigenvalue weighted by Gasteiger charge is 2.50. The fourth-order valence-electron chi connectivity index (χ4n) is 4.71. The molecular weight excluding hydrogens is 653 g/mol. The van der Waals surface area contributed by atoms with Crippen molar-refractivity contribution in [2.75, 3.05) is 20.3 Å². The largest absolute Gasteiger partial charge is 0.377 e. The number of imidazole rings is 2. The zero-order valence-corrected chi connectivity index (χ0v) is 25.9. The summed E-state index contributed by atoms with van der Waals surface area (Å²) in [5, 5.41) is 0. The van der Waals surface area contributed by atoms with Crippen LogP contribution in [0.4, 0.5) is 4.39 Å². The van der Waals surface area contributed by atoms with Gasteiger partial charge in [0.1, 0.15) is 42.6 Å². The first-order chi connectivity index (χ1) is 20.4. The van der Waals surface area contributed by atoms with E-state index in [1.54, 1.807) is 11.5 Å². The minimum Gasteiger partial charge on any atom is -0.377 e. The van der Waals surface area contributed by atoms with Crippen LogP contribution in [0.3, 0.4) is 0 Å². The fourth-order valence-corrected chi connectivity index (χ4v) is 7.16. The van der Waals surface area contributed by atoms with Crippen molar-refractivity contribution < 1.29 is 41.7 Å². The van der Waals surface area contributed by atoms with Crippen LogP contribution < -0.4 is 5.56 Å². The molecule has 0 radical (unpaired) electrons. The second kappa shape index (κ2) is 12.0. The topological polar surface area (TPSA) is 203 Å². The molecule has 4 aromatic heterocycles. The van der Waals surface area contributed by atoms with Crippen LogP contribution in [0.1, 0.15) is 23.7 Å². The van der Waals surface area contributed by atoms with E-state index < -0.39 is 50.2 Å². The molecule has 2 aliphatic rings. The lowest BCUT2D eigenvalue weighted by Crippen LogP contribution is -2.32. The summed E-state index contributed by atoms with van der Waals surface area (Å²) in [6, 6.07) is 0. The molecule has 2 aliphatic heterocycles. The van der Waals surface area contributed by atoms with Crippen LogP contribution in [0.2, 0.25) is 0 Å². The van der Waals surface area contributed by atoms with Gasteiger partial charge >= 0.3 is 13.4 Å². The number of ether oxygens (including phenoxy) is 2. The number of nitrogens with one attached hydrogen (secondary N) is 1. The smallest absolute Gasteiger partial charge is 0.325 e. The van der Waals surface area contributed by atoms with Crippen LogP contribution in [-0.2, 0) is 70.9 Å². The number of aromatic amines is 1. The number of nitrogens with zero attached hydrogens (tertiary/aromatic N) is 7. The third-order valence-electron chi connectivity index (χ3n) is 6.56. The van der Waals surface area contributed by atoms with Gasteiger partial charge in [-0.1, -0.05) is 0 Å². The number of rotatable bonds is 3. The molecule has 0 spiro atoms. The second-order valence-corrected chi connectivity index (χ2v) is 15.1. The minimum atomic E-state index is -4.17. The van der Waals surface area contributed by atoms with Crippen molar-refractivity contribution in [3.8, 4) is 0 Å². The molecule has 0 aliphatic carbocycles. The van der Waals surface area contributed by atoms with Crippen molar-refractivity contribution in [2.24, 2.45) is 0 Å². The van der Waals surface area contributed by atoms with Crippen molar-refractivity contribution in [3.63, 3.8) is 0 Å². The summed E-state index contributed by atoms with van der Waals surface area (Å²) in [5.41, 5.74) is 0.327. The maximum atomic E-state index is 15.9. The van der Waals surface area contributed by atoms with Gasteiger partial charge in [-0.25, -0.2) is 29.3 Å². The Morgan fingerprint density at radius 2 is 1.98 bits per heavy atom. The van der Waals surface area contributed by atoms with Crippen LogP contribution in [0.15, 0.2) is 17.3 Å². The van der Waals surface area contributed by atoms with Gasteiger partial charge in [0.15, 0.2) is 35.0 Å². The van der Waals surface area contributed by atoms with E-state index in [0.717, 1.165) is 0 Å². The number of hydrogen-bond acceptors (Lipinski definition) is 14. The molecular formula is C21H25FN8O9P2S2. The maximum Gasteiger partial charge on any atom is 0.325 e. The van der Waals surface area contributed by atoms with Gasteiger partial charge in [0.25, 0.3) is 5.56 Å². The summed E-state index contributed by atoms with van der Waals surface area (Å²) in [4.78, 5) is 58.2.